The van der Waals surface area contributed by atoms with Crippen LogP contribution in [0.3, 0.4) is 0 Å². The maximum atomic E-state index is 13.7. The molecule has 2 fully saturated rings. The molecule has 1 aromatic carbocycles. The minimum Gasteiger partial charge on any atom is -0.368 e. The lowest BCUT2D eigenvalue weighted by atomic mass is 10.2. The van der Waals surface area contributed by atoms with Gasteiger partial charge in [0.1, 0.15) is 0 Å². The summed E-state index contributed by atoms with van der Waals surface area (Å²) in [5.74, 6) is 0.286. The van der Waals surface area contributed by atoms with E-state index in [-0.39, 0.29) is 29.6 Å². The van der Waals surface area contributed by atoms with Gasteiger partial charge in [0, 0.05) is 77.5 Å². The molecule has 2 aliphatic rings. The lowest BCUT2D eigenvalue weighted by Crippen LogP contribution is -2.50. The van der Waals surface area contributed by atoms with Crippen molar-refractivity contribution in [2.24, 2.45) is 0 Å². The van der Waals surface area contributed by atoms with Crippen LogP contribution < -0.4 is 9.80 Å². The first-order chi connectivity index (χ1) is 17.9. The summed E-state index contributed by atoms with van der Waals surface area (Å²) in [6, 6.07) is 9.28. The second kappa shape index (κ2) is 10.6. The van der Waals surface area contributed by atoms with E-state index in [1.165, 1.54) is 8.99 Å². The van der Waals surface area contributed by atoms with Crippen molar-refractivity contribution in [3.8, 4) is 0 Å². The molecule has 0 aliphatic carbocycles. The molecular weight excluding hydrogens is 516 g/mol. The molecule has 13 heteroatoms. The van der Waals surface area contributed by atoms with Gasteiger partial charge in [-0.3, -0.25) is 9.48 Å². The fourth-order valence-corrected chi connectivity index (χ4v) is 6.41. The molecule has 3 aromatic rings. The zero-order chi connectivity index (χ0) is 26.0. The highest BCUT2D eigenvalue weighted by atomic mass is 35.5. The second-order valence-corrected chi connectivity index (χ2v) is 11.1. The Morgan fingerprint density at radius 2 is 1.57 bits per heavy atom. The molecule has 4 heterocycles. The van der Waals surface area contributed by atoms with Gasteiger partial charge < -0.3 is 14.7 Å². The number of piperazine rings is 2. The van der Waals surface area contributed by atoms with E-state index < -0.39 is 10.0 Å². The van der Waals surface area contributed by atoms with Gasteiger partial charge in [-0.1, -0.05) is 23.7 Å². The van der Waals surface area contributed by atoms with E-state index in [9.17, 15) is 13.2 Å². The third-order valence-corrected chi connectivity index (χ3v) is 8.85. The lowest BCUT2D eigenvalue weighted by molar-refractivity contribution is 0.0742. The van der Waals surface area contributed by atoms with Crippen molar-refractivity contribution in [3.63, 3.8) is 0 Å². The molecule has 1 amide bonds. The number of nitrogens with zero attached hydrogens (tertiary/aromatic N) is 8. The molecule has 0 bridgehead atoms. The maximum Gasteiger partial charge on any atom is 0.263 e. The van der Waals surface area contributed by atoms with E-state index in [0.717, 1.165) is 5.69 Å². The van der Waals surface area contributed by atoms with E-state index in [4.69, 9.17) is 11.6 Å². The Hall–Kier alpha value is -3.22. The Kier molecular flexibility index (Phi) is 7.31. The molecule has 0 atom stereocenters. The highest BCUT2D eigenvalue weighted by Crippen LogP contribution is 2.28. The van der Waals surface area contributed by atoms with E-state index in [2.05, 4.69) is 20.0 Å². The third kappa shape index (κ3) is 5.13. The van der Waals surface area contributed by atoms with Crippen LogP contribution in [0.15, 0.2) is 53.9 Å². The maximum absolute atomic E-state index is 13.7. The van der Waals surface area contributed by atoms with E-state index in [0.29, 0.717) is 56.8 Å². The minimum atomic E-state index is -3.97. The van der Waals surface area contributed by atoms with E-state index >= 15 is 0 Å². The molecule has 2 saturated heterocycles. The van der Waals surface area contributed by atoms with Crippen LogP contribution in [0.2, 0.25) is 5.02 Å². The van der Waals surface area contributed by atoms with Crippen LogP contribution in [0.25, 0.3) is 0 Å². The Morgan fingerprint density at radius 1 is 0.919 bits per heavy atom. The van der Waals surface area contributed by atoms with Crippen molar-refractivity contribution in [3.05, 3.63) is 59.5 Å². The number of rotatable bonds is 6. The predicted molar refractivity (Wildman–Crippen MR) is 140 cm³/mol. The molecular formula is C24H29ClN8O3S. The number of aromatic nitrogens is 4. The Labute approximate surface area is 221 Å². The number of benzene rings is 1. The summed E-state index contributed by atoms with van der Waals surface area (Å²) in [5, 5.41) is 4.77. The molecule has 0 N–H and O–H groups in total. The van der Waals surface area contributed by atoms with Crippen molar-refractivity contribution in [1.29, 1.82) is 0 Å². The van der Waals surface area contributed by atoms with Gasteiger partial charge in [0.15, 0.2) is 0 Å². The number of sulfonamides is 1. The Bertz CT molecular complexity index is 1350. The van der Waals surface area contributed by atoms with Gasteiger partial charge in [-0.2, -0.15) is 9.40 Å². The largest absolute Gasteiger partial charge is 0.368 e. The number of anilines is 2. The van der Waals surface area contributed by atoms with Crippen LogP contribution in [0, 0.1) is 0 Å². The van der Waals surface area contributed by atoms with Crippen LogP contribution in [0.5, 0.6) is 0 Å². The normalized spacial score (nSPS) is 17.3. The smallest absolute Gasteiger partial charge is 0.263 e. The topological polar surface area (TPSA) is 108 Å². The third-order valence-electron chi connectivity index (χ3n) is 6.70. The van der Waals surface area contributed by atoms with Crippen LogP contribution in [0.4, 0.5) is 11.6 Å². The molecule has 2 aromatic heterocycles. The molecule has 2 aliphatic heterocycles. The number of halogens is 1. The fraction of sp³-hybridized carbons (Fsp3) is 0.417. The minimum absolute atomic E-state index is 0.111. The summed E-state index contributed by atoms with van der Waals surface area (Å²) in [7, 11) is -3.97. The van der Waals surface area contributed by atoms with Crippen molar-refractivity contribution in [1.82, 2.24) is 29.0 Å². The number of carbonyl (C=O) groups excluding carboxylic acids is 1. The number of amides is 1. The molecule has 37 heavy (non-hydrogen) atoms. The van der Waals surface area contributed by atoms with Gasteiger partial charge in [-0.05, 0) is 25.1 Å². The van der Waals surface area contributed by atoms with Gasteiger partial charge in [0.25, 0.3) is 15.9 Å². The van der Waals surface area contributed by atoms with Crippen LogP contribution >= 0.6 is 11.6 Å². The summed E-state index contributed by atoms with van der Waals surface area (Å²) in [6.07, 6.45) is 4.91. The Morgan fingerprint density at radius 3 is 2.22 bits per heavy atom. The summed E-state index contributed by atoms with van der Waals surface area (Å²) in [5.41, 5.74) is 0.993. The standard InChI is InChI=1S/C24H29ClN8O3S/c1-2-32-18-19(23(34)30-10-12-31(13-11-30)24-26-8-5-9-27-24)22(28-32)37(35,36)33-16-14-29(15-17-33)21-7-4-3-6-20(21)25/h3-9,18H,2,10-17H2,1H3. The summed E-state index contributed by atoms with van der Waals surface area (Å²) < 4.78 is 30.3. The second-order valence-electron chi connectivity index (χ2n) is 8.87. The van der Waals surface area contributed by atoms with Gasteiger partial charge in [-0.15, -0.1) is 0 Å². The zero-order valence-corrected chi connectivity index (χ0v) is 22.1. The number of hydrogen-bond acceptors (Lipinski definition) is 8. The van der Waals surface area contributed by atoms with Crippen molar-refractivity contribution in [2.45, 2.75) is 18.5 Å². The number of carbonyl (C=O) groups is 1. The number of aryl methyl sites for hydroxylation is 1. The average molecular weight is 545 g/mol. The van der Waals surface area contributed by atoms with Gasteiger partial charge in [0.05, 0.1) is 16.3 Å². The van der Waals surface area contributed by atoms with Gasteiger partial charge >= 0.3 is 0 Å². The molecule has 0 radical (unpaired) electrons. The van der Waals surface area contributed by atoms with E-state index in [1.54, 1.807) is 29.6 Å². The SMILES string of the molecule is CCn1cc(C(=O)N2CCN(c3ncccn3)CC2)c(S(=O)(=O)N2CCN(c3ccccc3Cl)CC2)n1. The first-order valence-corrected chi connectivity index (χ1v) is 14.1. The number of hydrogen-bond donors (Lipinski definition) is 0. The fourth-order valence-electron chi connectivity index (χ4n) is 4.64. The molecule has 0 spiro atoms. The highest BCUT2D eigenvalue weighted by molar-refractivity contribution is 7.89. The van der Waals surface area contributed by atoms with Gasteiger partial charge in [-0.25, -0.2) is 18.4 Å². The molecule has 0 saturated carbocycles. The van der Waals surface area contributed by atoms with Crippen molar-refractivity contribution < 1.29 is 13.2 Å². The number of para-hydroxylation sites is 1. The average Bonchev–Trinajstić information content (AvgIpc) is 3.39. The van der Waals surface area contributed by atoms with Crippen LogP contribution in [-0.2, 0) is 16.6 Å². The summed E-state index contributed by atoms with van der Waals surface area (Å²) in [6.45, 7) is 5.83. The molecule has 196 valence electrons. The van der Waals surface area contributed by atoms with Crippen LogP contribution in [-0.4, -0.2) is 95.6 Å². The monoisotopic (exact) mass is 544 g/mol. The summed E-state index contributed by atoms with van der Waals surface area (Å²) in [4.78, 5) is 27.8. The van der Waals surface area contributed by atoms with Crippen LogP contribution in [0.1, 0.15) is 17.3 Å². The lowest BCUT2D eigenvalue weighted by Gasteiger charge is -2.36. The van der Waals surface area contributed by atoms with E-state index in [1.807, 2.05) is 36.1 Å². The quantitative estimate of drug-likeness (QED) is 0.462. The first kappa shape index (κ1) is 25.4. The molecule has 0 unspecified atom stereocenters. The summed E-state index contributed by atoms with van der Waals surface area (Å²) >= 11 is 6.33. The predicted octanol–water partition coefficient (Wildman–Crippen LogP) is 1.82. The van der Waals surface area contributed by atoms with Crippen molar-refractivity contribution in [2.75, 3.05) is 62.2 Å². The molecule has 11 nitrogen and oxygen atoms in total. The van der Waals surface area contributed by atoms with Crippen molar-refractivity contribution >= 4 is 39.2 Å². The zero-order valence-electron chi connectivity index (χ0n) is 20.6. The Balaban J connectivity index is 1.31. The highest BCUT2D eigenvalue weighted by Gasteiger charge is 2.36. The molecule has 5 rings (SSSR count). The van der Waals surface area contributed by atoms with Gasteiger partial charge in [0.2, 0.25) is 11.0 Å². The first-order valence-electron chi connectivity index (χ1n) is 12.3.